The molecule has 0 aliphatic heterocycles. The van der Waals surface area contributed by atoms with Crippen LogP contribution in [0.25, 0.3) is 0 Å². The van der Waals surface area contributed by atoms with Crippen molar-refractivity contribution in [2.24, 2.45) is 0 Å². The third-order valence-corrected chi connectivity index (χ3v) is 6.01. The van der Waals surface area contributed by atoms with Gasteiger partial charge in [-0.05, 0) is 50.2 Å². The van der Waals surface area contributed by atoms with Crippen molar-refractivity contribution in [2.75, 3.05) is 5.32 Å². The highest BCUT2D eigenvalue weighted by Crippen LogP contribution is 2.28. The predicted octanol–water partition coefficient (Wildman–Crippen LogP) is 6.19. The second kappa shape index (κ2) is 10.2. The molecule has 0 saturated carbocycles. The lowest BCUT2D eigenvalue weighted by molar-refractivity contribution is -0.384. The molecule has 0 spiro atoms. The molecule has 0 unspecified atom stereocenters. The Bertz CT molecular complexity index is 1380. The van der Waals surface area contributed by atoms with Crippen molar-refractivity contribution in [1.82, 2.24) is 9.78 Å². The third kappa shape index (κ3) is 5.47. The number of nitro benzene ring substituents is 1. The van der Waals surface area contributed by atoms with Gasteiger partial charge in [-0.1, -0.05) is 29.3 Å². The van der Waals surface area contributed by atoms with Crippen molar-refractivity contribution < 1.29 is 18.9 Å². The van der Waals surface area contributed by atoms with Crippen LogP contribution < -0.4 is 10.1 Å². The highest BCUT2D eigenvalue weighted by Gasteiger charge is 2.19. The van der Waals surface area contributed by atoms with E-state index < -0.39 is 10.8 Å². The Kier molecular flexibility index (Phi) is 7.09. The Morgan fingerprint density at radius 1 is 1.11 bits per heavy atom. The fourth-order valence-corrected chi connectivity index (χ4v) is 3.95. The molecule has 0 aliphatic rings. The number of carbonyl (C=O) groups excluding carboxylic acids is 1. The summed E-state index contributed by atoms with van der Waals surface area (Å²) in [5, 5.41) is 19.2. The van der Waals surface area contributed by atoms with E-state index in [1.165, 1.54) is 24.3 Å². The minimum Gasteiger partial charge on any atom is -0.486 e. The molecule has 0 bridgehead atoms. The summed E-state index contributed by atoms with van der Waals surface area (Å²) in [6.07, 6.45) is 0. The number of aromatic nitrogens is 2. The molecule has 0 radical (unpaired) electrons. The number of amides is 1. The van der Waals surface area contributed by atoms with Gasteiger partial charge < -0.3 is 14.5 Å². The summed E-state index contributed by atoms with van der Waals surface area (Å²) < 4.78 is 12.9. The summed E-state index contributed by atoms with van der Waals surface area (Å²) >= 11 is 12.6. The molecule has 9 nitrogen and oxygen atoms in total. The zero-order valence-electron chi connectivity index (χ0n) is 18.7. The molecule has 1 amide bonds. The Morgan fingerprint density at radius 3 is 2.46 bits per heavy atom. The number of halogens is 2. The van der Waals surface area contributed by atoms with Gasteiger partial charge in [0.2, 0.25) is 0 Å². The molecule has 35 heavy (non-hydrogen) atoms. The number of anilines is 1. The maximum Gasteiger partial charge on any atom is 0.291 e. The van der Waals surface area contributed by atoms with E-state index in [1.807, 2.05) is 6.92 Å². The molecular formula is C24H20Cl2N4O5. The summed E-state index contributed by atoms with van der Waals surface area (Å²) in [5.74, 6) is 0.530. The summed E-state index contributed by atoms with van der Waals surface area (Å²) in [7, 11) is 0. The molecule has 0 saturated heterocycles. The lowest BCUT2D eigenvalue weighted by Crippen LogP contribution is -2.12. The zero-order chi connectivity index (χ0) is 25.1. The highest BCUT2D eigenvalue weighted by molar-refractivity contribution is 6.36. The molecule has 1 N–H and O–H groups in total. The number of furan rings is 1. The lowest BCUT2D eigenvalue weighted by Gasteiger charge is -2.09. The van der Waals surface area contributed by atoms with Crippen LogP contribution in [-0.4, -0.2) is 20.6 Å². The molecule has 2 heterocycles. The van der Waals surface area contributed by atoms with E-state index in [1.54, 1.807) is 41.9 Å². The SMILES string of the molecule is Cc1nn(Cc2c(Cl)cccc2Cl)c(C)c1NC(=O)c1ccc(COc2ccc([N+](=O)[O-])cc2)o1. The third-order valence-electron chi connectivity index (χ3n) is 5.30. The van der Waals surface area contributed by atoms with Gasteiger partial charge in [-0.2, -0.15) is 5.10 Å². The van der Waals surface area contributed by atoms with Gasteiger partial charge in [0.25, 0.3) is 11.6 Å². The molecule has 2 aromatic heterocycles. The van der Waals surface area contributed by atoms with E-state index in [-0.39, 0.29) is 18.1 Å². The summed E-state index contributed by atoms with van der Waals surface area (Å²) in [5.41, 5.74) is 2.65. The van der Waals surface area contributed by atoms with Gasteiger partial charge in [0.1, 0.15) is 18.1 Å². The Morgan fingerprint density at radius 2 is 1.80 bits per heavy atom. The number of rotatable bonds is 8. The van der Waals surface area contributed by atoms with E-state index in [2.05, 4.69) is 10.4 Å². The number of nitro groups is 1. The van der Waals surface area contributed by atoms with Crippen LogP contribution in [0.15, 0.2) is 59.0 Å². The number of carbonyl (C=O) groups is 1. The standard InChI is InChI=1S/C24H20Cl2N4O5/c1-14-23(15(2)29(28-14)12-19-20(25)4-3-5-21(19)26)27-24(31)22-11-10-18(35-22)13-34-17-8-6-16(7-9-17)30(32)33/h3-11H,12-13H2,1-2H3,(H,27,31). The van der Waals surface area contributed by atoms with Gasteiger partial charge in [-0.25, -0.2) is 0 Å². The molecule has 180 valence electrons. The minimum atomic E-state index is -0.486. The fraction of sp³-hybridized carbons (Fsp3) is 0.167. The summed E-state index contributed by atoms with van der Waals surface area (Å²) in [4.78, 5) is 23.0. The lowest BCUT2D eigenvalue weighted by atomic mass is 10.2. The number of ether oxygens (including phenoxy) is 1. The minimum absolute atomic E-state index is 0.0295. The first kappa shape index (κ1) is 24.3. The molecular weight excluding hydrogens is 495 g/mol. The molecule has 4 aromatic rings. The average molecular weight is 515 g/mol. The first-order valence-electron chi connectivity index (χ1n) is 10.5. The number of non-ortho nitro benzene ring substituents is 1. The van der Waals surface area contributed by atoms with E-state index >= 15 is 0 Å². The van der Waals surface area contributed by atoms with E-state index in [0.717, 1.165) is 11.3 Å². The highest BCUT2D eigenvalue weighted by atomic mass is 35.5. The van der Waals surface area contributed by atoms with Crippen molar-refractivity contribution in [1.29, 1.82) is 0 Å². The van der Waals surface area contributed by atoms with Gasteiger partial charge in [-0.15, -0.1) is 0 Å². The second-order valence-corrected chi connectivity index (χ2v) is 8.48. The number of hydrogen-bond donors (Lipinski definition) is 1. The van der Waals surface area contributed by atoms with Crippen LogP contribution in [0.2, 0.25) is 10.0 Å². The maximum absolute atomic E-state index is 12.8. The van der Waals surface area contributed by atoms with Crippen LogP contribution in [0.5, 0.6) is 5.75 Å². The van der Waals surface area contributed by atoms with Crippen LogP contribution in [0.4, 0.5) is 11.4 Å². The smallest absolute Gasteiger partial charge is 0.291 e. The Hall–Kier alpha value is -3.82. The number of aryl methyl sites for hydroxylation is 1. The van der Waals surface area contributed by atoms with Gasteiger partial charge in [-0.3, -0.25) is 19.6 Å². The van der Waals surface area contributed by atoms with Crippen molar-refractivity contribution in [2.45, 2.75) is 27.0 Å². The van der Waals surface area contributed by atoms with Crippen LogP contribution in [0, 0.1) is 24.0 Å². The largest absolute Gasteiger partial charge is 0.486 e. The molecule has 11 heteroatoms. The monoisotopic (exact) mass is 514 g/mol. The summed E-state index contributed by atoms with van der Waals surface area (Å²) in [6.45, 7) is 4.04. The molecule has 0 fully saturated rings. The number of hydrogen-bond acceptors (Lipinski definition) is 6. The normalized spacial score (nSPS) is 10.9. The van der Waals surface area contributed by atoms with Gasteiger partial charge in [0.05, 0.1) is 28.5 Å². The van der Waals surface area contributed by atoms with Crippen molar-refractivity contribution in [3.8, 4) is 5.75 Å². The predicted molar refractivity (Wildman–Crippen MR) is 131 cm³/mol. The van der Waals surface area contributed by atoms with Gasteiger partial charge >= 0.3 is 0 Å². The molecule has 2 aromatic carbocycles. The number of nitrogens with one attached hydrogen (secondary N) is 1. The Labute approximate surface area is 210 Å². The van der Waals surface area contributed by atoms with Crippen LogP contribution in [0.1, 0.15) is 33.3 Å². The van der Waals surface area contributed by atoms with Gasteiger partial charge in [0, 0.05) is 27.7 Å². The van der Waals surface area contributed by atoms with Crippen LogP contribution >= 0.6 is 23.2 Å². The first-order valence-corrected chi connectivity index (χ1v) is 11.2. The van der Waals surface area contributed by atoms with Gasteiger partial charge in [0.15, 0.2) is 5.76 Å². The number of nitrogens with zero attached hydrogens (tertiary/aromatic N) is 3. The quantitative estimate of drug-likeness (QED) is 0.221. The zero-order valence-corrected chi connectivity index (χ0v) is 20.3. The van der Waals surface area contributed by atoms with Crippen LogP contribution in [-0.2, 0) is 13.2 Å². The van der Waals surface area contributed by atoms with Crippen molar-refractivity contribution in [3.05, 3.63) is 103 Å². The van der Waals surface area contributed by atoms with E-state index in [0.29, 0.717) is 39.5 Å². The molecule has 0 atom stereocenters. The number of benzene rings is 2. The van der Waals surface area contributed by atoms with Crippen molar-refractivity contribution >= 4 is 40.5 Å². The van der Waals surface area contributed by atoms with Crippen molar-refractivity contribution in [3.63, 3.8) is 0 Å². The second-order valence-electron chi connectivity index (χ2n) is 7.66. The first-order chi connectivity index (χ1) is 16.7. The summed E-state index contributed by atoms with van der Waals surface area (Å²) in [6, 6.07) is 14.2. The Balaban J connectivity index is 1.42. The topological polar surface area (TPSA) is 112 Å². The maximum atomic E-state index is 12.8. The van der Waals surface area contributed by atoms with E-state index in [9.17, 15) is 14.9 Å². The fourth-order valence-electron chi connectivity index (χ4n) is 3.44. The molecule has 0 aliphatic carbocycles. The van der Waals surface area contributed by atoms with Crippen LogP contribution in [0.3, 0.4) is 0 Å². The average Bonchev–Trinajstić information content (AvgIpc) is 3.41. The van der Waals surface area contributed by atoms with E-state index in [4.69, 9.17) is 32.4 Å². The molecule has 4 rings (SSSR count).